The molecule has 0 unspecified atom stereocenters. The molecule has 5 rings (SSSR count). The number of H-pyrrole nitrogens is 1. The standard InChI is InChI=1S/C33H43N5O3/c1-25(39)38(22-26-10-4-7-13-32(26)41-2)23-28(20-27-21-34-31-12-6-5-11-30(27)31)35-33(40)24-36-18-14-29(15-19-36)37-16-8-3-9-17-37/h5-6,10-13,21,28-29,34H,3,8-9,14-20,22-24H2,1-2H3,(H,35,40)/t28-/m0/s1. The summed E-state index contributed by atoms with van der Waals surface area (Å²) in [6, 6.07) is 18.0. The fourth-order valence-corrected chi connectivity index (χ4v) is 6.42. The molecule has 1 aromatic heterocycles. The molecule has 0 saturated carbocycles. The first-order chi connectivity index (χ1) is 20.0. The summed E-state index contributed by atoms with van der Waals surface area (Å²) < 4.78 is 5.49. The molecular weight excluding hydrogens is 514 g/mol. The highest BCUT2D eigenvalue weighted by Gasteiger charge is 2.27. The van der Waals surface area contributed by atoms with E-state index in [-0.39, 0.29) is 17.9 Å². The molecule has 2 aliphatic rings. The largest absolute Gasteiger partial charge is 0.496 e. The van der Waals surface area contributed by atoms with E-state index in [2.05, 4.69) is 44.4 Å². The lowest BCUT2D eigenvalue weighted by Crippen LogP contribution is -2.51. The number of benzene rings is 1. The first kappa shape index (κ1) is 29.0. The van der Waals surface area contributed by atoms with Gasteiger partial charge >= 0.3 is 0 Å². The fourth-order valence-electron chi connectivity index (χ4n) is 6.42. The van der Waals surface area contributed by atoms with Gasteiger partial charge in [-0.1, -0.05) is 36.8 Å². The number of carbonyl (C=O) groups is 2. The third kappa shape index (κ3) is 7.60. The number of methoxy groups -OCH3 is 1. The second kappa shape index (κ2) is 13.9. The SMILES string of the molecule is COc1cc#ccc1CN(C[C@H](Cc1c[nH]c2ccccc12)NC(=O)CN1CCC(N2CCCCC2)CC1)C(C)=O. The van der Waals surface area contributed by atoms with Crippen molar-refractivity contribution in [1.82, 2.24) is 25.0 Å². The number of amides is 2. The normalized spacial score (nSPS) is 17.6. The summed E-state index contributed by atoms with van der Waals surface area (Å²) >= 11 is 0. The number of likely N-dealkylation sites (tertiary alicyclic amines) is 2. The molecule has 0 bridgehead atoms. The van der Waals surface area contributed by atoms with Crippen LogP contribution in [0, 0.1) is 12.1 Å². The van der Waals surface area contributed by atoms with Crippen molar-refractivity contribution >= 4 is 22.7 Å². The van der Waals surface area contributed by atoms with E-state index >= 15 is 0 Å². The Kier molecular flexibility index (Phi) is 9.81. The molecule has 3 heterocycles. The number of piperidine rings is 2. The number of para-hydroxylation sites is 1. The van der Waals surface area contributed by atoms with Gasteiger partial charge in [0.05, 0.1) is 26.2 Å². The zero-order valence-electron chi connectivity index (χ0n) is 24.5. The Balaban J connectivity index is 1.25. The van der Waals surface area contributed by atoms with E-state index in [4.69, 9.17) is 4.74 Å². The fraction of sp³-hybridized carbons (Fsp3) is 0.515. The Morgan fingerprint density at radius 1 is 1.07 bits per heavy atom. The lowest BCUT2D eigenvalue weighted by atomic mass is 10.00. The summed E-state index contributed by atoms with van der Waals surface area (Å²) in [6.45, 7) is 7.05. The van der Waals surface area contributed by atoms with Gasteiger partial charge in [0.1, 0.15) is 5.75 Å². The van der Waals surface area contributed by atoms with Crippen LogP contribution in [0.2, 0.25) is 0 Å². The quantitative estimate of drug-likeness (QED) is 0.375. The van der Waals surface area contributed by atoms with Gasteiger partial charge in [-0.3, -0.25) is 14.5 Å². The Labute approximate surface area is 244 Å². The monoisotopic (exact) mass is 557 g/mol. The number of nitrogens with one attached hydrogen (secondary N) is 2. The van der Waals surface area contributed by atoms with E-state index in [1.54, 1.807) is 31.1 Å². The van der Waals surface area contributed by atoms with Crippen LogP contribution in [0.5, 0.6) is 5.75 Å². The van der Waals surface area contributed by atoms with Crippen molar-refractivity contribution in [2.45, 2.75) is 64.1 Å². The minimum Gasteiger partial charge on any atom is -0.496 e. The number of rotatable bonds is 11. The summed E-state index contributed by atoms with van der Waals surface area (Å²) in [7, 11) is 1.61. The van der Waals surface area contributed by atoms with Gasteiger partial charge in [-0.25, -0.2) is 0 Å². The van der Waals surface area contributed by atoms with Crippen molar-refractivity contribution in [2.24, 2.45) is 0 Å². The van der Waals surface area contributed by atoms with Gasteiger partial charge in [0, 0.05) is 61.3 Å². The molecule has 0 spiro atoms. The Bertz CT molecular complexity index is 1290. The van der Waals surface area contributed by atoms with Crippen LogP contribution in [0.25, 0.3) is 10.9 Å². The molecule has 218 valence electrons. The first-order valence-electron chi connectivity index (χ1n) is 15.0. The minimum atomic E-state index is -0.248. The van der Waals surface area contributed by atoms with Crippen molar-refractivity contribution < 1.29 is 14.3 Å². The molecule has 2 N–H and O–H groups in total. The topological polar surface area (TPSA) is 80.9 Å². The van der Waals surface area contributed by atoms with E-state index in [0.29, 0.717) is 37.8 Å². The molecule has 0 radical (unpaired) electrons. The number of carbonyl (C=O) groups excluding carboxylic acids is 2. The molecule has 2 saturated heterocycles. The molecule has 2 fully saturated rings. The second-order valence-corrected chi connectivity index (χ2v) is 11.5. The number of hydrogen-bond donors (Lipinski definition) is 2. The predicted octanol–water partition coefficient (Wildman–Crippen LogP) is 3.80. The minimum absolute atomic E-state index is 0.00925. The average Bonchev–Trinajstić information content (AvgIpc) is 3.40. The molecule has 2 aromatic carbocycles. The van der Waals surface area contributed by atoms with Crippen LogP contribution in [0.15, 0.2) is 42.6 Å². The van der Waals surface area contributed by atoms with Gasteiger partial charge in [-0.15, -0.1) is 0 Å². The lowest BCUT2D eigenvalue weighted by Gasteiger charge is -2.40. The third-order valence-electron chi connectivity index (χ3n) is 8.65. The zero-order chi connectivity index (χ0) is 28.6. The van der Waals surface area contributed by atoms with E-state index in [1.807, 2.05) is 18.3 Å². The van der Waals surface area contributed by atoms with Gasteiger partial charge in [-0.2, -0.15) is 0 Å². The average molecular weight is 558 g/mol. The van der Waals surface area contributed by atoms with Crippen LogP contribution in [-0.2, 0) is 22.6 Å². The molecule has 2 amide bonds. The van der Waals surface area contributed by atoms with E-state index < -0.39 is 0 Å². The summed E-state index contributed by atoms with van der Waals surface area (Å²) in [4.78, 5) is 36.3. The maximum absolute atomic E-state index is 13.4. The number of ether oxygens (including phenoxy) is 1. The molecule has 2 aliphatic heterocycles. The number of aromatic nitrogens is 1. The Hall–Kier alpha value is -3.54. The molecule has 1 atom stereocenters. The highest BCUT2D eigenvalue weighted by molar-refractivity contribution is 5.83. The van der Waals surface area contributed by atoms with Crippen LogP contribution in [0.4, 0.5) is 0 Å². The summed E-state index contributed by atoms with van der Waals surface area (Å²) in [5.74, 6) is 0.619. The second-order valence-electron chi connectivity index (χ2n) is 11.5. The highest BCUT2D eigenvalue weighted by atomic mass is 16.5. The van der Waals surface area contributed by atoms with Gasteiger partial charge < -0.3 is 24.8 Å². The van der Waals surface area contributed by atoms with Gasteiger partial charge in [-0.05, 0) is 62.9 Å². The number of aromatic amines is 1. The van der Waals surface area contributed by atoms with E-state index in [9.17, 15) is 9.59 Å². The maximum atomic E-state index is 13.4. The molecule has 8 nitrogen and oxygen atoms in total. The number of fused-ring (bicyclic) bond motifs is 1. The van der Waals surface area contributed by atoms with Crippen LogP contribution in [0.3, 0.4) is 0 Å². The molecule has 0 aliphatic carbocycles. The Morgan fingerprint density at radius 2 is 1.83 bits per heavy atom. The van der Waals surface area contributed by atoms with Gasteiger partial charge in [0.15, 0.2) is 0 Å². The van der Waals surface area contributed by atoms with Crippen molar-refractivity contribution in [2.75, 3.05) is 46.4 Å². The smallest absolute Gasteiger partial charge is 0.234 e. The van der Waals surface area contributed by atoms with Crippen molar-refractivity contribution in [3.05, 3.63) is 65.9 Å². The number of hydrogen-bond acceptors (Lipinski definition) is 5. The third-order valence-corrected chi connectivity index (χ3v) is 8.65. The van der Waals surface area contributed by atoms with Crippen LogP contribution in [-0.4, -0.2) is 90.0 Å². The molecule has 8 heteroatoms. The van der Waals surface area contributed by atoms with Crippen molar-refractivity contribution in [1.29, 1.82) is 0 Å². The highest BCUT2D eigenvalue weighted by Crippen LogP contribution is 2.23. The molecular formula is C33H43N5O3. The number of nitrogens with zero attached hydrogens (tertiary/aromatic N) is 3. The van der Waals surface area contributed by atoms with Crippen molar-refractivity contribution in [3.8, 4) is 5.75 Å². The summed E-state index contributed by atoms with van der Waals surface area (Å²) in [6.07, 6.45) is 8.85. The van der Waals surface area contributed by atoms with Gasteiger partial charge in [0.2, 0.25) is 11.8 Å². The van der Waals surface area contributed by atoms with Crippen LogP contribution in [0.1, 0.15) is 50.2 Å². The lowest BCUT2D eigenvalue weighted by molar-refractivity contribution is -0.131. The van der Waals surface area contributed by atoms with Crippen molar-refractivity contribution in [3.63, 3.8) is 0 Å². The van der Waals surface area contributed by atoms with E-state index in [0.717, 1.165) is 48.0 Å². The van der Waals surface area contributed by atoms with Crippen LogP contribution < -0.4 is 10.1 Å². The van der Waals surface area contributed by atoms with Crippen LogP contribution >= 0.6 is 0 Å². The molecule has 3 aromatic rings. The molecule has 41 heavy (non-hydrogen) atoms. The maximum Gasteiger partial charge on any atom is 0.234 e. The first-order valence-corrected chi connectivity index (χ1v) is 15.0. The summed E-state index contributed by atoms with van der Waals surface area (Å²) in [5, 5.41) is 4.43. The Morgan fingerprint density at radius 3 is 2.59 bits per heavy atom. The summed E-state index contributed by atoms with van der Waals surface area (Å²) in [5.41, 5.74) is 3.04. The zero-order valence-corrected chi connectivity index (χ0v) is 24.5. The van der Waals surface area contributed by atoms with Gasteiger partial charge in [0.25, 0.3) is 0 Å². The van der Waals surface area contributed by atoms with E-state index in [1.165, 1.54) is 32.4 Å². The predicted molar refractivity (Wildman–Crippen MR) is 161 cm³/mol.